The molecule has 1 aliphatic rings. The molecule has 4 rings (SSSR count). The van der Waals surface area contributed by atoms with Gasteiger partial charge in [0, 0.05) is 5.75 Å². The van der Waals surface area contributed by atoms with Crippen LogP contribution in [0.4, 0.5) is 5.13 Å². The molecule has 0 atom stereocenters. The summed E-state index contributed by atoms with van der Waals surface area (Å²) in [4.78, 5) is 27.0. The first-order valence-electron chi connectivity index (χ1n) is 9.60. The Labute approximate surface area is 203 Å². The average Bonchev–Trinajstić information content (AvgIpc) is 3.33. The van der Waals surface area contributed by atoms with Gasteiger partial charge in [-0.3, -0.25) is 19.8 Å². The minimum atomic E-state index is -0.367. The number of thiocarbonyl (C=S) groups is 1. The SMILES string of the molecule is Cc1ccc(CSc2nnc(NC(=O)CN3C(=O)/C(=C/c4ccccc4)SC3=S)s2)cc1. The molecule has 1 fully saturated rings. The van der Waals surface area contributed by atoms with E-state index in [-0.39, 0.29) is 18.4 Å². The molecule has 0 radical (unpaired) electrons. The van der Waals surface area contributed by atoms with Crippen LogP contribution in [0.15, 0.2) is 63.8 Å². The number of nitrogens with zero attached hydrogens (tertiary/aromatic N) is 3. The molecule has 32 heavy (non-hydrogen) atoms. The number of hydrogen-bond donors (Lipinski definition) is 1. The van der Waals surface area contributed by atoms with Crippen molar-refractivity contribution < 1.29 is 9.59 Å². The van der Waals surface area contributed by atoms with Gasteiger partial charge in [-0.2, -0.15) is 0 Å². The van der Waals surface area contributed by atoms with Crippen LogP contribution in [0.2, 0.25) is 0 Å². The minimum absolute atomic E-state index is 0.164. The molecular weight excluding hydrogens is 481 g/mol. The number of thioether (sulfide) groups is 2. The van der Waals surface area contributed by atoms with Crippen LogP contribution in [0, 0.1) is 6.92 Å². The maximum absolute atomic E-state index is 12.7. The molecule has 6 nitrogen and oxygen atoms in total. The van der Waals surface area contributed by atoms with Crippen LogP contribution in [-0.4, -0.2) is 37.8 Å². The Bertz CT molecular complexity index is 1180. The molecule has 10 heteroatoms. The highest BCUT2D eigenvalue weighted by Crippen LogP contribution is 2.33. The molecule has 0 spiro atoms. The van der Waals surface area contributed by atoms with Gasteiger partial charge in [-0.25, -0.2) is 0 Å². The summed E-state index contributed by atoms with van der Waals surface area (Å²) in [5, 5.41) is 11.3. The summed E-state index contributed by atoms with van der Waals surface area (Å²) in [7, 11) is 0. The van der Waals surface area contributed by atoms with Crippen LogP contribution in [0.3, 0.4) is 0 Å². The van der Waals surface area contributed by atoms with E-state index >= 15 is 0 Å². The first kappa shape index (κ1) is 22.7. The standard InChI is InChI=1S/C22H18N4O2S4/c1-14-7-9-16(10-8-14)13-30-21-25-24-20(32-21)23-18(27)12-26-19(28)17(31-22(26)29)11-15-5-3-2-4-6-15/h2-11H,12-13H2,1H3,(H,23,24,27)/b17-11-. The second-order valence-electron chi connectivity index (χ2n) is 6.87. The largest absolute Gasteiger partial charge is 0.299 e. The topological polar surface area (TPSA) is 75.2 Å². The van der Waals surface area contributed by atoms with E-state index in [4.69, 9.17) is 12.2 Å². The van der Waals surface area contributed by atoms with Crippen LogP contribution < -0.4 is 5.32 Å². The maximum Gasteiger partial charge on any atom is 0.266 e. The Balaban J connectivity index is 1.32. The van der Waals surface area contributed by atoms with E-state index in [0.29, 0.717) is 14.4 Å². The predicted octanol–water partition coefficient (Wildman–Crippen LogP) is 4.98. The van der Waals surface area contributed by atoms with Gasteiger partial charge in [0.25, 0.3) is 5.91 Å². The number of benzene rings is 2. The predicted molar refractivity (Wildman–Crippen MR) is 136 cm³/mol. The lowest BCUT2D eigenvalue weighted by molar-refractivity contribution is -0.126. The normalized spacial score (nSPS) is 14.9. The highest BCUT2D eigenvalue weighted by atomic mass is 32.2. The van der Waals surface area contributed by atoms with Crippen molar-refractivity contribution in [3.8, 4) is 0 Å². The molecule has 2 heterocycles. The number of amides is 2. The van der Waals surface area contributed by atoms with Gasteiger partial charge in [0.1, 0.15) is 10.9 Å². The van der Waals surface area contributed by atoms with Crippen LogP contribution in [0.5, 0.6) is 0 Å². The fourth-order valence-electron chi connectivity index (χ4n) is 2.79. The molecule has 3 aromatic rings. The number of aromatic nitrogens is 2. The van der Waals surface area contributed by atoms with Crippen LogP contribution in [-0.2, 0) is 15.3 Å². The molecule has 162 valence electrons. The third-order valence-corrected chi connectivity index (χ3v) is 7.83. The molecule has 2 aromatic carbocycles. The van der Waals surface area contributed by atoms with Crippen molar-refractivity contribution >= 4 is 74.4 Å². The quantitative estimate of drug-likeness (QED) is 0.213. The summed E-state index contributed by atoms with van der Waals surface area (Å²) >= 11 is 9.36. The Morgan fingerprint density at radius 3 is 2.66 bits per heavy atom. The van der Waals surface area contributed by atoms with Gasteiger partial charge in [-0.1, -0.05) is 107 Å². The van der Waals surface area contributed by atoms with E-state index in [1.807, 2.05) is 30.3 Å². The number of hydrogen-bond acceptors (Lipinski definition) is 8. The zero-order valence-corrected chi connectivity index (χ0v) is 20.2. The highest BCUT2D eigenvalue weighted by Gasteiger charge is 2.33. The van der Waals surface area contributed by atoms with Crippen molar-refractivity contribution in [2.24, 2.45) is 0 Å². The van der Waals surface area contributed by atoms with Crippen molar-refractivity contribution in [1.82, 2.24) is 15.1 Å². The lowest BCUT2D eigenvalue weighted by Gasteiger charge is -2.13. The van der Waals surface area contributed by atoms with Gasteiger partial charge in [0.15, 0.2) is 4.34 Å². The molecule has 0 aliphatic carbocycles. The van der Waals surface area contributed by atoms with Gasteiger partial charge in [-0.15, -0.1) is 10.2 Å². The minimum Gasteiger partial charge on any atom is -0.299 e. The van der Waals surface area contributed by atoms with Crippen LogP contribution >= 0.6 is 47.1 Å². The first-order valence-corrected chi connectivity index (χ1v) is 12.6. The van der Waals surface area contributed by atoms with Gasteiger partial charge < -0.3 is 0 Å². The van der Waals surface area contributed by atoms with E-state index in [0.717, 1.165) is 15.7 Å². The Morgan fingerprint density at radius 1 is 1.16 bits per heavy atom. The van der Waals surface area contributed by atoms with E-state index in [1.54, 1.807) is 17.8 Å². The molecule has 0 unspecified atom stereocenters. The van der Waals surface area contributed by atoms with E-state index in [2.05, 4.69) is 46.7 Å². The van der Waals surface area contributed by atoms with Crippen molar-refractivity contribution in [2.75, 3.05) is 11.9 Å². The first-order chi connectivity index (χ1) is 15.5. The fourth-order valence-corrected chi connectivity index (χ4v) is 5.77. The number of rotatable bonds is 7. The van der Waals surface area contributed by atoms with Crippen molar-refractivity contribution in [3.63, 3.8) is 0 Å². The Morgan fingerprint density at radius 2 is 1.91 bits per heavy atom. The number of nitrogens with one attached hydrogen (secondary N) is 1. The molecule has 0 bridgehead atoms. The summed E-state index contributed by atoms with van der Waals surface area (Å²) in [5.74, 6) is 0.131. The average molecular weight is 499 g/mol. The molecule has 1 N–H and O–H groups in total. The molecule has 0 saturated carbocycles. The highest BCUT2D eigenvalue weighted by molar-refractivity contribution is 8.26. The molecule has 1 aromatic heterocycles. The summed E-state index contributed by atoms with van der Waals surface area (Å²) < 4.78 is 1.12. The third-order valence-electron chi connectivity index (χ3n) is 4.41. The smallest absolute Gasteiger partial charge is 0.266 e. The van der Waals surface area contributed by atoms with Crippen LogP contribution in [0.1, 0.15) is 16.7 Å². The number of anilines is 1. The number of carbonyl (C=O) groups is 2. The van der Waals surface area contributed by atoms with Crippen molar-refractivity contribution in [1.29, 1.82) is 0 Å². The molecule has 1 aliphatic heterocycles. The second kappa shape index (κ2) is 10.4. The maximum atomic E-state index is 12.7. The summed E-state index contributed by atoms with van der Waals surface area (Å²) in [6.45, 7) is 1.89. The summed E-state index contributed by atoms with van der Waals surface area (Å²) in [5.41, 5.74) is 3.32. The van der Waals surface area contributed by atoms with E-state index in [9.17, 15) is 9.59 Å². The Hall–Kier alpha value is -2.53. The lowest BCUT2D eigenvalue weighted by atomic mass is 10.2. The second-order valence-corrected chi connectivity index (χ2v) is 10.7. The van der Waals surface area contributed by atoms with Crippen molar-refractivity contribution in [3.05, 3.63) is 76.2 Å². The zero-order chi connectivity index (χ0) is 22.5. The van der Waals surface area contributed by atoms with Gasteiger partial charge in [0.2, 0.25) is 11.0 Å². The fraction of sp³-hybridized carbons (Fsp3) is 0.136. The van der Waals surface area contributed by atoms with Gasteiger partial charge in [0.05, 0.1) is 4.91 Å². The zero-order valence-electron chi connectivity index (χ0n) is 17.0. The molecule has 1 saturated heterocycles. The number of carbonyl (C=O) groups excluding carboxylic acids is 2. The Kier molecular flexibility index (Phi) is 7.36. The molecule has 2 amide bonds. The third kappa shape index (κ3) is 5.83. The summed E-state index contributed by atoms with van der Waals surface area (Å²) in [6, 6.07) is 17.8. The lowest BCUT2D eigenvalue weighted by Crippen LogP contribution is -2.36. The summed E-state index contributed by atoms with van der Waals surface area (Å²) in [6.07, 6.45) is 1.78. The van der Waals surface area contributed by atoms with Crippen LogP contribution in [0.25, 0.3) is 6.08 Å². The van der Waals surface area contributed by atoms with E-state index < -0.39 is 0 Å². The van der Waals surface area contributed by atoms with Gasteiger partial charge >= 0.3 is 0 Å². The monoisotopic (exact) mass is 498 g/mol. The number of aryl methyl sites for hydroxylation is 1. The van der Waals surface area contributed by atoms with E-state index in [1.165, 1.54) is 39.1 Å². The van der Waals surface area contributed by atoms with Crippen molar-refractivity contribution in [2.45, 2.75) is 17.0 Å². The van der Waals surface area contributed by atoms with Gasteiger partial charge in [-0.05, 0) is 24.1 Å². The molecular formula is C22H18N4O2S4.